The van der Waals surface area contributed by atoms with Crippen LogP contribution in [0.5, 0.6) is 0 Å². The minimum atomic E-state index is -0.454. The zero-order valence-electron chi connectivity index (χ0n) is 12.9. The van der Waals surface area contributed by atoms with Gasteiger partial charge in [0, 0.05) is 24.5 Å². The lowest BCUT2D eigenvalue weighted by atomic mass is 10.1. The maximum absolute atomic E-state index is 11.8. The fourth-order valence-corrected chi connectivity index (χ4v) is 2.20. The minimum absolute atomic E-state index is 0.0548. The SMILES string of the molecule is CCCCn1c(C)cc(/C=C(/C#N)C(=O)NCCO)c1C. The zero-order valence-corrected chi connectivity index (χ0v) is 12.9. The molecule has 0 aromatic carbocycles. The van der Waals surface area contributed by atoms with Crippen LogP contribution in [0.25, 0.3) is 6.08 Å². The van der Waals surface area contributed by atoms with E-state index in [-0.39, 0.29) is 18.7 Å². The molecule has 2 N–H and O–H groups in total. The molecule has 0 atom stereocenters. The number of aromatic nitrogens is 1. The number of carbonyl (C=O) groups is 1. The van der Waals surface area contributed by atoms with Crippen LogP contribution in [0.2, 0.25) is 0 Å². The summed E-state index contributed by atoms with van der Waals surface area (Å²) in [6.45, 7) is 7.12. The van der Waals surface area contributed by atoms with E-state index in [0.717, 1.165) is 36.3 Å². The lowest BCUT2D eigenvalue weighted by Crippen LogP contribution is -2.27. The number of nitrogens with zero attached hydrogens (tertiary/aromatic N) is 2. The summed E-state index contributed by atoms with van der Waals surface area (Å²) in [7, 11) is 0. The summed E-state index contributed by atoms with van der Waals surface area (Å²) in [4.78, 5) is 11.8. The molecule has 1 aromatic rings. The number of unbranched alkanes of at least 4 members (excludes halogenated alkanes) is 1. The smallest absolute Gasteiger partial charge is 0.262 e. The van der Waals surface area contributed by atoms with Crippen LogP contribution in [0.4, 0.5) is 0 Å². The molecule has 0 aliphatic carbocycles. The Morgan fingerprint density at radius 3 is 2.81 bits per heavy atom. The monoisotopic (exact) mass is 289 g/mol. The van der Waals surface area contributed by atoms with E-state index < -0.39 is 5.91 Å². The normalized spacial score (nSPS) is 11.3. The average molecular weight is 289 g/mol. The molecule has 1 heterocycles. The highest BCUT2D eigenvalue weighted by Crippen LogP contribution is 2.19. The van der Waals surface area contributed by atoms with Crippen LogP contribution >= 0.6 is 0 Å². The first kappa shape index (κ1) is 17.0. The minimum Gasteiger partial charge on any atom is -0.395 e. The van der Waals surface area contributed by atoms with Crippen molar-refractivity contribution in [3.05, 3.63) is 28.6 Å². The van der Waals surface area contributed by atoms with E-state index in [1.165, 1.54) is 0 Å². The molecule has 0 fully saturated rings. The number of carbonyl (C=O) groups excluding carboxylic acids is 1. The predicted octanol–water partition coefficient (Wildman–Crippen LogP) is 1.92. The molecule has 0 aliphatic rings. The van der Waals surface area contributed by atoms with Gasteiger partial charge in [-0.3, -0.25) is 4.79 Å². The fourth-order valence-electron chi connectivity index (χ4n) is 2.20. The molecule has 5 nitrogen and oxygen atoms in total. The molecule has 0 radical (unpaired) electrons. The van der Waals surface area contributed by atoms with Gasteiger partial charge in [-0.15, -0.1) is 0 Å². The Bertz CT molecular complexity index is 565. The first-order valence-corrected chi connectivity index (χ1v) is 7.22. The first-order valence-electron chi connectivity index (χ1n) is 7.22. The van der Waals surface area contributed by atoms with Gasteiger partial charge in [-0.05, 0) is 38.0 Å². The zero-order chi connectivity index (χ0) is 15.8. The second-order valence-electron chi connectivity index (χ2n) is 4.98. The highest BCUT2D eigenvalue weighted by molar-refractivity contribution is 6.01. The number of rotatable bonds is 7. The Hall–Kier alpha value is -2.06. The molecule has 0 bridgehead atoms. The van der Waals surface area contributed by atoms with Gasteiger partial charge >= 0.3 is 0 Å². The first-order chi connectivity index (χ1) is 10.0. The van der Waals surface area contributed by atoms with Gasteiger partial charge in [0.2, 0.25) is 0 Å². The van der Waals surface area contributed by atoms with Crippen molar-refractivity contribution in [2.24, 2.45) is 0 Å². The number of aryl methyl sites for hydroxylation is 1. The van der Waals surface area contributed by atoms with E-state index in [4.69, 9.17) is 10.4 Å². The van der Waals surface area contributed by atoms with Gasteiger partial charge in [-0.25, -0.2) is 0 Å². The summed E-state index contributed by atoms with van der Waals surface area (Å²) in [5.74, 6) is -0.454. The number of nitrogens with one attached hydrogen (secondary N) is 1. The van der Waals surface area contributed by atoms with E-state index >= 15 is 0 Å². The summed E-state index contributed by atoms with van der Waals surface area (Å²) in [5, 5.41) is 20.3. The third kappa shape index (κ3) is 4.47. The van der Waals surface area contributed by atoms with Crippen LogP contribution in [0.1, 0.15) is 36.7 Å². The Balaban J connectivity index is 3.02. The highest BCUT2D eigenvalue weighted by atomic mass is 16.3. The molecule has 0 saturated carbocycles. The Morgan fingerprint density at radius 2 is 2.24 bits per heavy atom. The van der Waals surface area contributed by atoms with E-state index in [9.17, 15) is 4.79 Å². The third-order valence-corrected chi connectivity index (χ3v) is 3.41. The second kappa shape index (κ2) is 8.28. The van der Waals surface area contributed by atoms with Crippen molar-refractivity contribution in [3.8, 4) is 6.07 Å². The number of hydrogen-bond donors (Lipinski definition) is 2. The van der Waals surface area contributed by atoms with Crippen molar-refractivity contribution in [2.45, 2.75) is 40.2 Å². The van der Waals surface area contributed by atoms with Crippen molar-refractivity contribution in [3.63, 3.8) is 0 Å². The van der Waals surface area contributed by atoms with E-state index in [2.05, 4.69) is 16.8 Å². The van der Waals surface area contributed by atoms with Gasteiger partial charge in [0.25, 0.3) is 5.91 Å². The number of amides is 1. The number of hydrogen-bond acceptors (Lipinski definition) is 3. The van der Waals surface area contributed by atoms with E-state index in [1.807, 2.05) is 26.0 Å². The van der Waals surface area contributed by atoms with Gasteiger partial charge in [0.05, 0.1) is 6.61 Å². The largest absolute Gasteiger partial charge is 0.395 e. The van der Waals surface area contributed by atoms with Gasteiger partial charge in [0.1, 0.15) is 11.6 Å². The van der Waals surface area contributed by atoms with Crippen LogP contribution in [0.15, 0.2) is 11.6 Å². The Labute approximate surface area is 125 Å². The summed E-state index contributed by atoms with van der Waals surface area (Å²) in [5.41, 5.74) is 3.13. The molecule has 0 aliphatic heterocycles. The molecular formula is C16H23N3O2. The summed E-state index contributed by atoms with van der Waals surface area (Å²) < 4.78 is 2.20. The average Bonchev–Trinajstić information content (AvgIpc) is 2.74. The van der Waals surface area contributed by atoms with Crippen LogP contribution in [-0.2, 0) is 11.3 Å². The van der Waals surface area contributed by atoms with Crippen molar-refractivity contribution < 1.29 is 9.90 Å². The van der Waals surface area contributed by atoms with Gasteiger partial charge < -0.3 is 15.0 Å². The Kier molecular flexibility index (Phi) is 6.70. The second-order valence-corrected chi connectivity index (χ2v) is 4.98. The van der Waals surface area contributed by atoms with Gasteiger partial charge in [-0.2, -0.15) is 5.26 Å². The van der Waals surface area contributed by atoms with Crippen LogP contribution in [0.3, 0.4) is 0 Å². The van der Waals surface area contributed by atoms with Crippen LogP contribution < -0.4 is 5.32 Å². The van der Waals surface area contributed by atoms with Gasteiger partial charge in [0.15, 0.2) is 0 Å². The molecule has 1 rings (SSSR count). The summed E-state index contributed by atoms with van der Waals surface area (Å²) >= 11 is 0. The summed E-state index contributed by atoms with van der Waals surface area (Å²) in [6.07, 6.45) is 3.83. The van der Waals surface area contributed by atoms with Crippen molar-refractivity contribution in [1.29, 1.82) is 5.26 Å². The third-order valence-electron chi connectivity index (χ3n) is 3.41. The summed E-state index contributed by atoms with van der Waals surface area (Å²) in [6, 6.07) is 3.90. The lowest BCUT2D eigenvalue weighted by Gasteiger charge is -2.08. The van der Waals surface area contributed by atoms with Crippen molar-refractivity contribution >= 4 is 12.0 Å². The van der Waals surface area contributed by atoms with Crippen LogP contribution in [0, 0.1) is 25.2 Å². The van der Waals surface area contributed by atoms with Crippen molar-refractivity contribution in [2.75, 3.05) is 13.2 Å². The molecular weight excluding hydrogens is 266 g/mol. The number of nitriles is 1. The standard InChI is InChI=1S/C16H23N3O2/c1-4-5-7-19-12(2)9-14(13(19)3)10-15(11-17)16(21)18-6-8-20/h9-10,20H,4-8H2,1-3H3,(H,18,21)/b15-10-. The topological polar surface area (TPSA) is 78.0 Å². The molecule has 21 heavy (non-hydrogen) atoms. The Morgan fingerprint density at radius 1 is 1.52 bits per heavy atom. The van der Waals surface area contributed by atoms with Crippen molar-refractivity contribution in [1.82, 2.24) is 9.88 Å². The highest BCUT2D eigenvalue weighted by Gasteiger charge is 2.12. The molecule has 1 aromatic heterocycles. The van der Waals surface area contributed by atoms with Crippen LogP contribution in [-0.4, -0.2) is 28.7 Å². The quantitative estimate of drug-likeness (QED) is 0.594. The molecule has 0 unspecified atom stereocenters. The maximum atomic E-state index is 11.8. The molecule has 1 amide bonds. The molecule has 0 spiro atoms. The number of aliphatic hydroxyl groups is 1. The molecule has 114 valence electrons. The van der Waals surface area contributed by atoms with E-state index in [0.29, 0.717) is 0 Å². The fraction of sp³-hybridized carbons (Fsp3) is 0.500. The van der Waals surface area contributed by atoms with E-state index in [1.54, 1.807) is 6.08 Å². The number of aliphatic hydroxyl groups excluding tert-OH is 1. The molecule has 0 saturated heterocycles. The lowest BCUT2D eigenvalue weighted by molar-refractivity contribution is -0.117. The molecule has 5 heteroatoms. The maximum Gasteiger partial charge on any atom is 0.262 e. The van der Waals surface area contributed by atoms with Gasteiger partial charge in [-0.1, -0.05) is 13.3 Å². The predicted molar refractivity (Wildman–Crippen MR) is 82.5 cm³/mol.